The van der Waals surface area contributed by atoms with Crippen LogP contribution >= 0.6 is 0 Å². The minimum Gasteiger partial charge on any atom is -0.486 e. The molecule has 1 aliphatic heterocycles. The number of fused-ring (bicyclic) bond motifs is 1. The van der Waals surface area contributed by atoms with Gasteiger partial charge in [-0.3, -0.25) is 0 Å². The molecule has 1 aromatic heterocycles. The van der Waals surface area contributed by atoms with Gasteiger partial charge in [-0.1, -0.05) is 12.1 Å². The van der Waals surface area contributed by atoms with Crippen molar-refractivity contribution >= 4 is 5.82 Å². The molecule has 2 heterocycles. The molecule has 1 aromatic carbocycles. The molecule has 2 aromatic rings. The van der Waals surface area contributed by atoms with E-state index in [0.29, 0.717) is 6.61 Å². The van der Waals surface area contributed by atoms with Crippen LogP contribution in [0.5, 0.6) is 11.5 Å². The Bertz CT molecular complexity index is 631. The summed E-state index contributed by atoms with van der Waals surface area (Å²) in [6.07, 6.45) is 2.51. The molecule has 3 rings (SSSR count). The Morgan fingerprint density at radius 2 is 2.00 bits per heavy atom. The van der Waals surface area contributed by atoms with Gasteiger partial charge < -0.3 is 14.8 Å². The average molecular weight is 285 g/mol. The van der Waals surface area contributed by atoms with Gasteiger partial charge in [0.1, 0.15) is 24.9 Å². The lowest BCUT2D eigenvalue weighted by molar-refractivity contribution is 0.0873. The topological polar surface area (TPSA) is 56.3 Å². The second-order valence-electron chi connectivity index (χ2n) is 5.15. The third-order valence-corrected chi connectivity index (χ3v) is 3.66. The van der Waals surface area contributed by atoms with Gasteiger partial charge in [-0.25, -0.2) is 9.97 Å². The number of aromatic nitrogens is 2. The molecule has 0 radical (unpaired) electrons. The lowest BCUT2D eigenvalue weighted by Crippen LogP contribution is -2.31. The van der Waals surface area contributed by atoms with Crippen molar-refractivity contribution in [3.63, 3.8) is 0 Å². The molecule has 0 aliphatic carbocycles. The number of anilines is 1. The van der Waals surface area contributed by atoms with Crippen LogP contribution in [0.15, 0.2) is 30.6 Å². The Balaban J connectivity index is 1.54. The highest BCUT2D eigenvalue weighted by molar-refractivity contribution is 5.44. The summed E-state index contributed by atoms with van der Waals surface area (Å²) in [5.41, 5.74) is 2.09. The van der Waals surface area contributed by atoms with E-state index in [1.165, 1.54) is 0 Å². The summed E-state index contributed by atoms with van der Waals surface area (Å²) in [6.45, 7) is 5.37. The van der Waals surface area contributed by atoms with Crippen LogP contribution in [0.25, 0.3) is 0 Å². The molecule has 5 heteroatoms. The highest BCUT2D eigenvalue weighted by atomic mass is 16.6. The first kappa shape index (κ1) is 13.7. The Labute approximate surface area is 124 Å². The maximum absolute atomic E-state index is 5.93. The second kappa shape index (κ2) is 5.99. The maximum Gasteiger partial charge on any atom is 0.161 e. The van der Waals surface area contributed by atoms with Crippen LogP contribution in [0, 0.1) is 13.8 Å². The number of ether oxygens (including phenoxy) is 2. The second-order valence-corrected chi connectivity index (χ2v) is 5.15. The molecule has 0 fully saturated rings. The van der Waals surface area contributed by atoms with Gasteiger partial charge in [0.25, 0.3) is 0 Å². The predicted octanol–water partition coefficient (Wildman–Crippen LogP) is 2.74. The molecule has 21 heavy (non-hydrogen) atoms. The van der Waals surface area contributed by atoms with E-state index in [4.69, 9.17) is 9.47 Å². The Kier molecular flexibility index (Phi) is 3.90. The summed E-state index contributed by atoms with van der Waals surface area (Å²) in [5, 5.41) is 3.34. The van der Waals surface area contributed by atoms with Crippen LogP contribution in [-0.4, -0.2) is 29.2 Å². The monoisotopic (exact) mass is 285 g/mol. The molecule has 5 nitrogen and oxygen atoms in total. The minimum atomic E-state index is 0.0654. The number of nitrogens with one attached hydrogen (secondary N) is 1. The van der Waals surface area contributed by atoms with Crippen LogP contribution in [-0.2, 0) is 0 Å². The standard InChI is InChI=1S/C16H19N3O2/c1-11-12(2)18-10-19-16(11)17-8-7-13-9-20-14-5-3-4-6-15(14)21-13/h3-6,10,13H,7-9H2,1-2H3,(H,17,18,19)/t13-/m0/s1. The number of aryl methyl sites for hydroxylation is 1. The van der Waals surface area contributed by atoms with Gasteiger partial charge in [-0.15, -0.1) is 0 Å². The normalized spacial score (nSPS) is 16.6. The summed E-state index contributed by atoms with van der Waals surface area (Å²) in [5.74, 6) is 2.53. The van der Waals surface area contributed by atoms with Gasteiger partial charge >= 0.3 is 0 Å². The molecule has 1 N–H and O–H groups in total. The molecule has 0 spiro atoms. The van der Waals surface area contributed by atoms with Crippen LogP contribution in [0.2, 0.25) is 0 Å². The Morgan fingerprint density at radius 3 is 2.86 bits per heavy atom. The molecular weight excluding hydrogens is 266 g/mol. The third-order valence-electron chi connectivity index (χ3n) is 3.66. The number of benzene rings is 1. The van der Waals surface area contributed by atoms with Crippen molar-refractivity contribution in [3.8, 4) is 11.5 Å². The third kappa shape index (κ3) is 3.07. The highest BCUT2D eigenvalue weighted by Gasteiger charge is 2.20. The molecule has 0 saturated carbocycles. The summed E-state index contributed by atoms with van der Waals surface area (Å²) in [6, 6.07) is 7.77. The Morgan fingerprint density at radius 1 is 1.19 bits per heavy atom. The molecule has 110 valence electrons. The SMILES string of the molecule is Cc1ncnc(NCC[C@H]2COc3ccccc3O2)c1C. The average Bonchev–Trinajstić information content (AvgIpc) is 2.51. The lowest BCUT2D eigenvalue weighted by Gasteiger charge is -2.26. The minimum absolute atomic E-state index is 0.0654. The van der Waals surface area contributed by atoms with Gasteiger partial charge in [0.05, 0.1) is 0 Å². The van der Waals surface area contributed by atoms with Gasteiger partial charge in [-0.2, -0.15) is 0 Å². The first-order valence-corrected chi connectivity index (χ1v) is 7.14. The van der Waals surface area contributed by atoms with Crippen molar-refractivity contribution in [2.45, 2.75) is 26.4 Å². The zero-order chi connectivity index (χ0) is 14.7. The van der Waals surface area contributed by atoms with Crippen molar-refractivity contribution in [1.29, 1.82) is 0 Å². The van der Waals surface area contributed by atoms with Crippen LogP contribution < -0.4 is 14.8 Å². The molecule has 0 saturated heterocycles. The number of hydrogen-bond acceptors (Lipinski definition) is 5. The fourth-order valence-corrected chi connectivity index (χ4v) is 2.27. The van der Waals surface area contributed by atoms with Crippen molar-refractivity contribution in [2.75, 3.05) is 18.5 Å². The smallest absolute Gasteiger partial charge is 0.161 e. The van der Waals surface area contributed by atoms with Crippen molar-refractivity contribution in [2.24, 2.45) is 0 Å². The molecule has 0 amide bonds. The lowest BCUT2D eigenvalue weighted by atomic mass is 10.2. The van der Waals surface area contributed by atoms with E-state index in [0.717, 1.165) is 41.5 Å². The molecule has 1 aliphatic rings. The first-order valence-electron chi connectivity index (χ1n) is 7.14. The van der Waals surface area contributed by atoms with Gasteiger partial charge in [-0.05, 0) is 26.0 Å². The first-order chi connectivity index (χ1) is 10.2. The summed E-state index contributed by atoms with van der Waals surface area (Å²) < 4.78 is 11.6. The molecule has 0 unspecified atom stereocenters. The zero-order valence-corrected chi connectivity index (χ0v) is 12.3. The van der Waals surface area contributed by atoms with E-state index in [2.05, 4.69) is 15.3 Å². The van der Waals surface area contributed by atoms with E-state index >= 15 is 0 Å². The van der Waals surface area contributed by atoms with Gasteiger partial charge in [0, 0.05) is 24.2 Å². The number of rotatable bonds is 4. The van der Waals surface area contributed by atoms with E-state index in [1.807, 2.05) is 38.1 Å². The zero-order valence-electron chi connectivity index (χ0n) is 12.3. The summed E-state index contributed by atoms with van der Waals surface area (Å²) in [7, 11) is 0. The van der Waals surface area contributed by atoms with Gasteiger partial charge in [0.2, 0.25) is 0 Å². The van der Waals surface area contributed by atoms with Crippen LogP contribution in [0.3, 0.4) is 0 Å². The predicted molar refractivity (Wildman–Crippen MR) is 81.0 cm³/mol. The maximum atomic E-state index is 5.93. The van der Waals surface area contributed by atoms with E-state index in [1.54, 1.807) is 6.33 Å². The van der Waals surface area contributed by atoms with Gasteiger partial charge in [0.15, 0.2) is 11.5 Å². The van der Waals surface area contributed by atoms with Crippen molar-refractivity contribution < 1.29 is 9.47 Å². The van der Waals surface area contributed by atoms with Crippen LogP contribution in [0.1, 0.15) is 17.7 Å². The molecule has 1 atom stereocenters. The largest absolute Gasteiger partial charge is 0.486 e. The molecular formula is C16H19N3O2. The summed E-state index contributed by atoms with van der Waals surface area (Å²) in [4.78, 5) is 8.43. The van der Waals surface area contributed by atoms with E-state index < -0.39 is 0 Å². The molecule has 0 bridgehead atoms. The number of nitrogens with zero attached hydrogens (tertiary/aromatic N) is 2. The van der Waals surface area contributed by atoms with E-state index in [9.17, 15) is 0 Å². The quantitative estimate of drug-likeness (QED) is 0.936. The van der Waals surface area contributed by atoms with Crippen molar-refractivity contribution in [1.82, 2.24) is 9.97 Å². The van der Waals surface area contributed by atoms with Crippen molar-refractivity contribution in [3.05, 3.63) is 41.9 Å². The van der Waals surface area contributed by atoms with E-state index in [-0.39, 0.29) is 6.10 Å². The summed E-state index contributed by atoms with van der Waals surface area (Å²) >= 11 is 0. The number of hydrogen-bond donors (Lipinski definition) is 1. The number of para-hydroxylation sites is 2. The fraction of sp³-hybridized carbons (Fsp3) is 0.375. The van der Waals surface area contributed by atoms with Crippen LogP contribution in [0.4, 0.5) is 5.82 Å². The fourth-order valence-electron chi connectivity index (χ4n) is 2.27. The Hall–Kier alpha value is -2.30. The highest BCUT2D eigenvalue weighted by Crippen LogP contribution is 2.31.